The number of rotatable bonds is 4. The van der Waals surface area contributed by atoms with Crippen LogP contribution in [-0.4, -0.2) is 24.0 Å². The van der Waals surface area contributed by atoms with Gasteiger partial charge in [0.25, 0.3) is 0 Å². The molecule has 0 bridgehead atoms. The van der Waals surface area contributed by atoms with E-state index in [1.165, 1.54) is 11.1 Å². The van der Waals surface area contributed by atoms with Crippen molar-refractivity contribution in [2.45, 2.75) is 38.8 Å². The van der Waals surface area contributed by atoms with E-state index in [0.29, 0.717) is 6.04 Å². The standard InChI is InChI=1S/C16H23BrN2/c1-3-15(18)16(13-5-4-6-14(17)11-13)19-9-7-12(2)8-10-19/h4-7,11,15-16H,3,8-10,18H2,1-2H3. The zero-order valence-corrected chi connectivity index (χ0v) is 13.4. The fraction of sp³-hybridized carbons (Fsp3) is 0.500. The van der Waals surface area contributed by atoms with E-state index >= 15 is 0 Å². The van der Waals surface area contributed by atoms with Crippen molar-refractivity contribution >= 4 is 15.9 Å². The Labute approximate surface area is 124 Å². The van der Waals surface area contributed by atoms with Gasteiger partial charge in [-0.2, -0.15) is 0 Å². The first-order valence-electron chi connectivity index (χ1n) is 7.02. The van der Waals surface area contributed by atoms with Crippen LogP contribution in [0.25, 0.3) is 0 Å². The maximum absolute atomic E-state index is 6.39. The van der Waals surface area contributed by atoms with Gasteiger partial charge in [0, 0.05) is 23.6 Å². The van der Waals surface area contributed by atoms with Gasteiger partial charge in [-0.15, -0.1) is 0 Å². The Bertz CT molecular complexity index is 456. The van der Waals surface area contributed by atoms with Crippen LogP contribution in [0.3, 0.4) is 0 Å². The summed E-state index contributed by atoms with van der Waals surface area (Å²) in [4.78, 5) is 2.50. The first-order chi connectivity index (χ1) is 9.11. The lowest BCUT2D eigenvalue weighted by Gasteiger charge is -2.37. The Morgan fingerprint density at radius 1 is 1.42 bits per heavy atom. The highest BCUT2D eigenvalue weighted by Crippen LogP contribution is 2.29. The molecule has 0 spiro atoms. The maximum atomic E-state index is 6.39. The highest BCUT2D eigenvalue weighted by atomic mass is 79.9. The fourth-order valence-corrected chi connectivity index (χ4v) is 3.10. The van der Waals surface area contributed by atoms with Gasteiger partial charge in [-0.3, -0.25) is 4.90 Å². The number of nitrogens with two attached hydrogens (primary N) is 1. The lowest BCUT2D eigenvalue weighted by molar-refractivity contribution is 0.182. The molecule has 0 fully saturated rings. The molecule has 2 unspecified atom stereocenters. The van der Waals surface area contributed by atoms with Gasteiger partial charge in [0.05, 0.1) is 6.04 Å². The van der Waals surface area contributed by atoms with Gasteiger partial charge in [-0.05, 0) is 37.5 Å². The van der Waals surface area contributed by atoms with Crippen molar-refractivity contribution in [2.75, 3.05) is 13.1 Å². The molecule has 0 radical (unpaired) electrons. The second kappa shape index (κ2) is 6.69. The summed E-state index contributed by atoms with van der Waals surface area (Å²) < 4.78 is 1.13. The molecular formula is C16H23BrN2. The molecule has 0 amide bonds. The van der Waals surface area contributed by atoms with Crippen LogP contribution >= 0.6 is 15.9 Å². The average molecular weight is 323 g/mol. The average Bonchev–Trinajstić information content (AvgIpc) is 2.41. The van der Waals surface area contributed by atoms with Crippen LogP contribution < -0.4 is 5.73 Å². The minimum atomic E-state index is 0.182. The number of benzene rings is 1. The molecule has 1 heterocycles. The van der Waals surface area contributed by atoms with E-state index in [4.69, 9.17) is 5.73 Å². The Kier molecular flexibility index (Phi) is 5.20. The Morgan fingerprint density at radius 3 is 2.79 bits per heavy atom. The van der Waals surface area contributed by atoms with E-state index in [2.05, 4.69) is 65.0 Å². The van der Waals surface area contributed by atoms with Crippen molar-refractivity contribution in [3.8, 4) is 0 Å². The van der Waals surface area contributed by atoms with Crippen LogP contribution in [0.4, 0.5) is 0 Å². The van der Waals surface area contributed by atoms with Gasteiger partial charge in [0.2, 0.25) is 0 Å². The van der Waals surface area contributed by atoms with Gasteiger partial charge in [-0.25, -0.2) is 0 Å². The molecule has 2 N–H and O–H groups in total. The largest absolute Gasteiger partial charge is 0.326 e. The molecule has 2 nitrogen and oxygen atoms in total. The van der Waals surface area contributed by atoms with E-state index < -0.39 is 0 Å². The summed E-state index contributed by atoms with van der Waals surface area (Å²) in [6.07, 6.45) is 4.48. The molecule has 2 rings (SSSR count). The zero-order chi connectivity index (χ0) is 13.8. The van der Waals surface area contributed by atoms with Gasteiger partial charge in [-0.1, -0.05) is 46.6 Å². The predicted octanol–water partition coefficient (Wildman–Crippen LogP) is 3.88. The monoisotopic (exact) mass is 322 g/mol. The van der Waals surface area contributed by atoms with Crippen LogP contribution in [0, 0.1) is 0 Å². The molecule has 104 valence electrons. The second-order valence-corrected chi connectivity index (χ2v) is 6.28. The molecule has 0 saturated carbocycles. The van der Waals surface area contributed by atoms with Crippen molar-refractivity contribution < 1.29 is 0 Å². The van der Waals surface area contributed by atoms with Gasteiger partial charge < -0.3 is 5.73 Å². The van der Waals surface area contributed by atoms with Gasteiger partial charge in [0.15, 0.2) is 0 Å². The Balaban J connectivity index is 2.26. The summed E-state index contributed by atoms with van der Waals surface area (Å²) in [5, 5.41) is 0. The number of halogens is 1. The molecule has 0 aromatic heterocycles. The van der Waals surface area contributed by atoms with Crippen LogP contribution in [0.15, 0.2) is 40.4 Å². The van der Waals surface area contributed by atoms with Crippen molar-refractivity contribution in [3.63, 3.8) is 0 Å². The van der Waals surface area contributed by atoms with Crippen molar-refractivity contribution in [2.24, 2.45) is 5.73 Å². The molecule has 1 aromatic carbocycles. The summed E-state index contributed by atoms with van der Waals surface area (Å²) in [6, 6.07) is 9.05. The summed E-state index contributed by atoms with van der Waals surface area (Å²) >= 11 is 3.56. The summed E-state index contributed by atoms with van der Waals surface area (Å²) in [5.74, 6) is 0. The van der Waals surface area contributed by atoms with Crippen LogP contribution in [0.1, 0.15) is 38.3 Å². The summed E-state index contributed by atoms with van der Waals surface area (Å²) in [7, 11) is 0. The predicted molar refractivity (Wildman–Crippen MR) is 85.1 cm³/mol. The minimum Gasteiger partial charge on any atom is -0.326 e. The zero-order valence-electron chi connectivity index (χ0n) is 11.8. The molecule has 2 atom stereocenters. The quantitative estimate of drug-likeness (QED) is 0.852. The SMILES string of the molecule is CCC(N)C(c1cccc(Br)c1)N1CC=C(C)CC1. The van der Waals surface area contributed by atoms with Crippen molar-refractivity contribution in [1.29, 1.82) is 0 Å². The summed E-state index contributed by atoms with van der Waals surface area (Å²) in [6.45, 7) is 6.50. The Morgan fingerprint density at radius 2 is 2.21 bits per heavy atom. The molecular weight excluding hydrogens is 300 g/mol. The number of nitrogens with zero attached hydrogens (tertiary/aromatic N) is 1. The first-order valence-corrected chi connectivity index (χ1v) is 7.82. The molecule has 19 heavy (non-hydrogen) atoms. The molecule has 1 aliphatic rings. The van der Waals surface area contributed by atoms with Gasteiger partial charge >= 0.3 is 0 Å². The maximum Gasteiger partial charge on any atom is 0.0502 e. The van der Waals surface area contributed by atoms with Gasteiger partial charge in [0.1, 0.15) is 0 Å². The lowest BCUT2D eigenvalue weighted by atomic mass is 9.94. The summed E-state index contributed by atoms with van der Waals surface area (Å²) in [5.41, 5.74) is 9.20. The second-order valence-electron chi connectivity index (χ2n) is 5.37. The van der Waals surface area contributed by atoms with E-state index in [9.17, 15) is 0 Å². The number of hydrogen-bond acceptors (Lipinski definition) is 2. The van der Waals surface area contributed by atoms with Crippen molar-refractivity contribution in [3.05, 3.63) is 46.0 Å². The normalized spacial score (nSPS) is 19.9. The Hall–Kier alpha value is -0.640. The third-order valence-corrected chi connectivity index (χ3v) is 4.42. The molecule has 0 saturated heterocycles. The number of hydrogen-bond donors (Lipinski definition) is 1. The van der Waals surface area contributed by atoms with Crippen LogP contribution in [0.5, 0.6) is 0 Å². The fourth-order valence-electron chi connectivity index (χ4n) is 2.68. The molecule has 3 heteroatoms. The third kappa shape index (κ3) is 3.68. The molecule has 1 aliphatic heterocycles. The van der Waals surface area contributed by atoms with E-state index in [1.54, 1.807) is 0 Å². The van der Waals surface area contributed by atoms with Crippen LogP contribution in [-0.2, 0) is 0 Å². The van der Waals surface area contributed by atoms with Crippen molar-refractivity contribution in [1.82, 2.24) is 4.90 Å². The molecule has 0 aliphatic carbocycles. The van der Waals surface area contributed by atoms with E-state index in [1.807, 2.05) is 0 Å². The van der Waals surface area contributed by atoms with E-state index in [0.717, 1.165) is 30.4 Å². The highest BCUT2D eigenvalue weighted by molar-refractivity contribution is 9.10. The minimum absolute atomic E-state index is 0.182. The highest BCUT2D eigenvalue weighted by Gasteiger charge is 2.26. The van der Waals surface area contributed by atoms with Crippen LogP contribution in [0.2, 0.25) is 0 Å². The lowest BCUT2D eigenvalue weighted by Crippen LogP contribution is -2.42. The molecule has 1 aromatic rings. The smallest absolute Gasteiger partial charge is 0.0502 e. The third-order valence-electron chi connectivity index (χ3n) is 3.93. The topological polar surface area (TPSA) is 29.3 Å². The first kappa shape index (κ1) is 14.8. The van der Waals surface area contributed by atoms with E-state index in [-0.39, 0.29) is 6.04 Å².